The molecule has 0 aromatic carbocycles. The molecule has 4 heteroatoms. The van der Waals surface area contributed by atoms with E-state index in [4.69, 9.17) is 16.9 Å². The topological polar surface area (TPSA) is 66.9 Å². The van der Waals surface area contributed by atoms with Gasteiger partial charge in [0.2, 0.25) is 5.91 Å². The number of alkyl halides is 1. The van der Waals surface area contributed by atoms with Crippen molar-refractivity contribution < 1.29 is 4.79 Å². The standard InChI is InChI=1S/C3H3ClN2O/c4-2(1-5)3(6)7/h2H,(H2,6,7). The Bertz CT molecular complexity index is 117. The van der Waals surface area contributed by atoms with Crippen LogP contribution in [0.4, 0.5) is 0 Å². The van der Waals surface area contributed by atoms with Crippen LogP contribution in [-0.4, -0.2) is 11.3 Å². The van der Waals surface area contributed by atoms with Gasteiger partial charge in [0.05, 0.1) is 6.07 Å². The Hall–Kier alpha value is -0.750. The van der Waals surface area contributed by atoms with E-state index in [1.807, 2.05) is 0 Å². The maximum absolute atomic E-state index is 9.80. The van der Waals surface area contributed by atoms with Gasteiger partial charge < -0.3 is 5.73 Å². The number of nitrogens with zero attached hydrogens (tertiary/aromatic N) is 1. The third-order valence-electron chi connectivity index (χ3n) is 0.363. The molecule has 0 radical (unpaired) electrons. The van der Waals surface area contributed by atoms with Gasteiger partial charge in [0.15, 0.2) is 5.38 Å². The van der Waals surface area contributed by atoms with Gasteiger partial charge in [-0.1, -0.05) is 11.6 Å². The molecule has 0 heterocycles. The first-order chi connectivity index (χ1) is 3.18. The Balaban J connectivity index is 3.63. The average molecular weight is 119 g/mol. The van der Waals surface area contributed by atoms with Crippen LogP contribution >= 0.6 is 11.6 Å². The molecule has 0 rings (SSSR count). The SMILES string of the molecule is N#CC(Cl)C(N)=O. The summed E-state index contributed by atoms with van der Waals surface area (Å²) in [5, 5.41) is 6.64. The van der Waals surface area contributed by atoms with E-state index in [0.29, 0.717) is 0 Å². The van der Waals surface area contributed by atoms with Crippen molar-refractivity contribution in [1.29, 1.82) is 5.26 Å². The predicted molar refractivity (Wildman–Crippen MR) is 24.4 cm³/mol. The number of halogens is 1. The van der Waals surface area contributed by atoms with Crippen molar-refractivity contribution in [3.63, 3.8) is 0 Å². The zero-order valence-electron chi connectivity index (χ0n) is 3.39. The highest BCUT2D eigenvalue weighted by Crippen LogP contribution is 1.88. The van der Waals surface area contributed by atoms with E-state index in [1.165, 1.54) is 6.07 Å². The first-order valence-electron chi connectivity index (χ1n) is 1.51. The van der Waals surface area contributed by atoms with Crippen molar-refractivity contribution >= 4 is 17.5 Å². The molecule has 0 saturated heterocycles. The summed E-state index contributed by atoms with van der Waals surface area (Å²) < 4.78 is 0. The van der Waals surface area contributed by atoms with E-state index in [2.05, 4.69) is 5.73 Å². The predicted octanol–water partition coefficient (Wildman–Crippen LogP) is -0.397. The van der Waals surface area contributed by atoms with Crippen molar-refractivity contribution in [2.75, 3.05) is 0 Å². The minimum Gasteiger partial charge on any atom is -0.367 e. The number of primary amides is 1. The second-order valence-electron chi connectivity index (χ2n) is 0.894. The van der Waals surface area contributed by atoms with E-state index in [-0.39, 0.29) is 0 Å². The quantitative estimate of drug-likeness (QED) is 0.476. The summed E-state index contributed by atoms with van der Waals surface area (Å²) >= 11 is 4.96. The van der Waals surface area contributed by atoms with Crippen LogP contribution in [0.25, 0.3) is 0 Å². The summed E-state index contributed by atoms with van der Waals surface area (Å²) in [6.07, 6.45) is 0. The Morgan fingerprint density at radius 3 is 2.43 bits per heavy atom. The van der Waals surface area contributed by atoms with Crippen molar-refractivity contribution in [2.45, 2.75) is 5.38 Å². The number of rotatable bonds is 1. The second-order valence-corrected chi connectivity index (χ2v) is 1.33. The summed E-state index contributed by atoms with van der Waals surface area (Å²) in [6, 6.07) is 1.46. The molecule has 7 heavy (non-hydrogen) atoms. The maximum atomic E-state index is 9.80. The number of carbonyl (C=O) groups excluding carboxylic acids is 1. The van der Waals surface area contributed by atoms with Gasteiger partial charge in [0, 0.05) is 0 Å². The van der Waals surface area contributed by atoms with E-state index in [0.717, 1.165) is 0 Å². The van der Waals surface area contributed by atoms with Crippen molar-refractivity contribution in [2.24, 2.45) is 5.73 Å². The van der Waals surface area contributed by atoms with Gasteiger partial charge in [-0.25, -0.2) is 0 Å². The molecule has 0 aromatic heterocycles. The van der Waals surface area contributed by atoms with Gasteiger partial charge in [0.25, 0.3) is 0 Å². The lowest BCUT2D eigenvalue weighted by atomic mass is 10.5. The fourth-order valence-corrected chi connectivity index (χ4v) is 0.0636. The lowest BCUT2D eigenvalue weighted by Gasteiger charge is -1.85. The summed E-state index contributed by atoms with van der Waals surface area (Å²) in [4.78, 5) is 9.80. The van der Waals surface area contributed by atoms with Crippen LogP contribution in [0.5, 0.6) is 0 Å². The molecule has 0 fully saturated rings. The average Bonchev–Trinajstić information content (AvgIpc) is 1.65. The van der Waals surface area contributed by atoms with E-state index in [9.17, 15) is 4.79 Å². The summed E-state index contributed by atoms with van der Waals surface area (Å²) in [5.41, 5.74) is 4.55. The molecule has 0 aliphatic rings. The Morgan fingerprint density at radius 2 is 2.43 bits per heavy atom. The monoisotopic (exact) mass is 118 g/mol. The van der Waals surface area contributed by atoms with Crippen LogP contribution in [0.15, 0.2) is 0 Å². The third kappa shape index (κ3) is 2.01. The number of hydrogen-bond acceptors (Lipinski definition) is 2. The molecule has 0 spiro atoms. The van der Waals surface area contributed by atoms with Gasteiger partial charge in [-0.3, -0.25) is 4.79 Å². The smallest absolute Gasteiger partial charge is 0.250 e. The highest BCUT2D eigenvalue weighted by atomic mass is 35.5. The van der Waals surface area contributed by atoms with Crippen LogP contribution in [0.3, 0.4) is 0 Å². The van der Waals surface area contributed by atoms with Gasteiger partial charge in [-0.05, 0) is 0 Å². The van der Waals surface area contributed by atoms with E-state index in [1.54, 1.807) is 0 Å². The number of amides is 1. The first kappa shape index (κ1) is 6.25. The largest absolute Gasteiger partial charge is 0.367 e. The number of hydrogen-bond donors (Lipinski definition) is 1. The van der Waals surface area contributed by atoms with E-state index >= 15 is 0 Å². The van der Waals surface area contributed by atoms with Crippen LogP contribution in [0.1, 0.15) is 0 Å². The highest BCUT2D eigenvalue weighted by Gasteiger charge is 2.06. The molecule has 38 valence electrons. The molecular weight excluding hydrogens is 115 g/mol. The lowest BCUT2D eigenvalue weighted by Crippen LogP contribution is -2.21. The highest BCUT2D eigenvalue weighted by molar-refractivity contribution is 6.32. The Kier molecular flexibility index (Phi) is 2.17. The minimum atomic E-state index is -1.18. The zero-order chi connectivity index (χ0) is 5.86. The van der Waals surface area contributed by atoms with Crippen LogP contribution in [0.2, 0.25) is 0 Å². The van der Waals surface area contributed by atoms with Crippen LogP contribution in [-0.2, 0) is 4.79 Å². The molecule has 1 unspecified atom stereocenters. The summed E-state index contributed by atoms with van der Waals surface area (Å²) in [7, 11) is 0. The fraction of sp³-hybridized carbons (Fsp3) is 0.333. The van der Waals surface area contributed by atoms with Crippen LogP contribution < -0.4 is 5.73 Å². The van der Waals surface area contributed by atoms with Gasteiger partial charge in [0.1, 0.15) is 0 Å². The number of nitriles is 1. The molecule has 1 atom stereocenters. The molecule has 1 amide bonds. The summed E-state index contributed by atoms with van der Waals surface area (Å²) in [5.74, 6) is -0.802. The molecule has 0 aliphatic carbocycles. The maximum Gasteiger partial charge on any atom is 0.250 e. The van der Waals surface area contributed by atoms with Gasteiger partial charge in [-0.15, -0.1) is 0 Å². The first-order valence-corrected chi connectivity index (χ1v) is 1.95. The number of carbonyl (C=O) groups is 1. The van der Waals surface area contributed by atoms with E-state index < -0.39 is 11.3 Å². The molecule has 0 aromatic rings. The van der Waals surface area contributed by atoms with Gasteiger partial charge in [-0.2, -0.15) is 5.26 Å². The zero-order valence-corrected chi connectivity index (χ0v) is 4.14. The normalized spacial score (nSPS) is 12.0. The summed E-state index contributed by atoms with van der Waals surface area (Å²) in [6.45, 7) is 0. The van der Waals surface area contributed by atoms with Crippen molar-refractivity contribution in [3.8, 4) is 6.07 Å². The van der Waals surface area contributed by atoms with Gasteiger partial charge >= 0.3 is 0 Å². The van der Waals surface area contributed by atoms with Crippen LogP contribution in [0, 0.1) is 11.3 Å². The van der Waals surface area contributed by atoms with Crippen molar-refractivity contribution in [1.82, 2.24) is 0 Å². The molecule has 3 nitrogen and oxygen atoms in total. The Labute approximate surface area is 45.7 Å². The Morgan fingerprint density at radius 1 is 2.00 bits per heavy atom. The number of nitrogens with two attached hydrogens (primary N) is 1. The molecule has 0 bridgehead atoms. The second kappa shape index (κ2) is 2.43. The fourth-order valence-electron chi connectivity index (χ4n) is 0.0636. The molecular formula is C3H3ClN2O. The molecule has 2 N–H and O–H groups in total. The third-order valence-corrected chi connectivity index (χ3v) is 0.676. The lowest BCUT2D eigenvalue weighted by molar-refractivity contribution is -0.116. The van der Waals surface area contributed by atoms with Crippen molar-refractivity contribution in [3.05, 3.63) is 0 Å². The molecule has 0 saturated carbocycles. The molecule has 0 aliphatic heterocycles. The minimum absolute atomic E-state index is 0.802.